The molecule has 1 aliphatic heterocycles. The van der Waals surface area contributed by atoms with Crippen LogP contribution in [0.1, 0.15) is 21.3 Å². The van der Waals surface area contributed by atoms with E-state index in [2.05, 4.69) is 15.9 Å². The molecule has 0 aliphatic carbocycles. The second kappa shape index (κ2) is 7.56. The highest BCUT2D eigenvalue weighted by Gasteiger charge is 2.33. The van der Waals surface area contributed by atoms with Crippen LogP contribution in [0.2, 0.25) is 10.0 Å². The van der Waals surface area contributed by atoms with Crippen molar-refractivity contribution in [2.24, 2.45) is 0 Å². The van der Waals surface area contributed by atoms with Crippen molar-refractivity contribution in [3.8, 4) is 5.75 Å². The number of ether oxygens (including phenoxy) is 1. The van der Waals surface area contributed by atoms with Gasteiger partial charge in [0.15, 0.2) is 0 Å². The molecule has 0 aromatic heterocycles. The van der Waals surface area contributed by atoms with Gasteiger partial charge in [0.2, 0.25) is 0 Å². The molecule has 0 radical (unpaired) electrons. The molecule has 1 unspecified atom stereocenters. The second-order valence-electron chi connectivity index (χ2n) is 5.23. The standard InChI is InChI=1S/C17H14BrCl2NO2S/c1-23-11-3-5-14(18)13(9-11)16(22)21-6-7-24-17(21)12-4-2-10(19)8-15(12)20/h2-5,8-9,17H,6-7H2,1H3. The molecule has 0 bridgehead atoms. The van der Waals surface area contributed by atoms with E-state index in [1.807, 2.05) is 23.1 Å². The Hall–Kier alpha value is -0.880. The number of halogens is 3. The van der Waals surface area contributed by atoms with Crippen LogP contribution in [-0.2, 0) is 0 Å². The summed E-state index contributed by atoms with van der Waals surface area (Å²) in [6, 6.07) is 10.8. The van der Waals surface area contributed by atoms with Crippen molar-refractivity contribution >= 4 is 56.8 Å². The summed E-state index contributed by atoms with van der Waals surface area (Å²) in [4.78, 5) is 14.9. The minimum Gasteiger partial charge on any atom is -0.497 e. The fraction of sp³-hybridized carbons (Fsp3) is 0.235. The highest BCUT2D eigenvalue weighted by Crippen LogP contribution is 2.42. The molecule has 1 heterocycles. The third kappa shape index (κ3) is 3.54. The molecule has 1 atom stereocenters. The van der Waals surface area contributed by atoms with Crippen molar-refractivity contribution in [3.63, 3.8) is 0 Å². The van der Waals surface area contributed by atoms with Gasteiger partial charge in [0.25, 0.3) is 5.91 Å². The van der Waals surface area contributed by atoms with Crippen LogP contribution in [0.15, 0.2) is 40.9 Å². The Kier molecular flexibility index (Phi) is 5.65. The first kappa shape index (κ1) is 17.9. The molecule has 7 heteroatoms. The third-order valence-electron chi connectivity index (χ3n) is 3.78. The van der Waals surface area contributed by atoms with Gasteiger partial charge in [-0.1, -0.05) is 29.3 Å². The van der Waals surface area contributed by atoms with Crippen molar-refractivity contribution in [1.82, 2.24) is 4.90 Å². The zero-order chi connectivity index (χ0) is 17.3. The summed E-state index contributed by atoms with van der Waals surface area (Å²) in [5, 5.41) is 1.03. The number of carbonyl (C=O) groups is 1. The number of thioether (sulfide) groups is 1. The first-order valence-corrected chi connectivity index (χ1v) is 9.82. The molecule has 2 aromatic carbocycles. The summed E-state index contributed by atoms with van der Waals surface area (Å²) in [5.74, 6) is 1.45. The summed E-state index contributed by atoms with van der Waals surface area (Å²) in [7, 11) is 1.58. The van der Waals surface area contributed by atoms with Gasteiger partial charge < -0.3 is 9.64 Å². The Morgan fingerprint density at radius 1 is 1.29 bits per heavy atom. The van der Waals surface area contributed by atoms with Gasteiger partial charge in [-0.25, -0.2) is 0 Å². The summed E-state index contributed by atoms with van der Waals surface area (Å²) in [5.41, 5.74) is 1.47. The van der Waals surface area contributed by atoms with Gasteiger partial charge in [0, 0.05) is 32.4 Å². The van der Waals surface area contributed by atoms with Crippen LogP contribution < -0.4 is 4.74 Å². The number of nitrogens with zero attached hydrogens (tertiary/aromatic N) is 1. The van der Waals surface area contributed by atoms with Crippen molar-refractivity contribution in [1.29, 1.82) is 0 Å². The molecule has 126 valence electrons. The number of benzene rings is 2. The van der Waals surface area contributed by atoms with Crippen molar-refractivity contribution in [3.05, 3.63) is 62.0 Å². The van der Waals surface area contributed by atoms with Crippen molar-refractivity contribution < 1.29 is 9.53 Å². The van der Waals surface area contributed by atoms with Gasteiger partial charge in [-0.15, -0.1) is 11.8 Å². The molecule has 0 saturated carbocycles. The zero-order valence-electron chi connectivity index (χ0n) is 12.8. The lowest BCUT2D eigenvalue weighted by atomic mass is 10.1. The van der Waals surface area contributed by atoms with Crippen LogP contribution in [0.3, 0.4) is 0 Å². The molecule has 2 aromatic rings. The van der Waals surface area contributed by atoms with Crippen LogP contribution in [0.25, 0.3) is 0 Å². The van der Waals surface area contributed by atoms with Crippen molar-refractivity contribution in [2.45, 2.75) is 5.37 Å². The molecule has 0 spiro atoms. The fourth-order valence-corrected chi connectivity index (χ4v) is 4.87. The van der Waals surface area contributed by atoms with E-state index < -0.39 is 0 Å². The Balaban J connectivity index is 1.94. The van der Waals surface area contributed by atoms with Crippen LogP contribution >= 0.6 is 50.9 Å². The lowest BCUT2D eigenvalue weighted by Gasteiger charge is -2.25. The van der Waals surface area contributed by atoms with Gasteiger partial charge in [0.1, 0.15) is 11.1 Å². The smallest absolute Gasteiger partial charge is 0.256 e. The first-order chi connectivity index (χ1) is 11.5. The number of rotatable bonds is 3. The number of hydrogen-bond donors (Lipinski definition) is 0. The summed E-state index contributed by atoms with van der Waals surface area (Å²) < 4.78 is 5.98. The molecule has 1 aliphatic rings. The second-order valence-corrected chi connectivity index (χ2v) is 8.12. The van der Waals surface area contributed by atoms with Gasteiger partial charge in [-0.2, -0.15) is 0 Å². The quantitative estimate of drug-likeness (QED) is 0.609. The Labute approximate surface area is 163 Å². The summed E-state index contributed by atoms with van der Waals surface area (Å²) in [6.45, 7) is 0.663. The number of methoxy groups -OCH3 is 1. The molecule has 3 nitrogen and oxygen atoms in total. The molecule has 1 amide bonds. The Morgan fingerprint density at radius 3 is 2.79 bits per heavy atom. The minimum absolute atomic E-state index is 0.0539. The van der Waals surface area contributed by atoms with Crippen LogP contribution in [0.4, 0.5) is 0 Å². The first-order valence-electron chi connectivity index (χ1n) is 7.22. The predicted molar refractivity (Wildman–Crippen MR) is 103 cm³/mol. The molecular formula is C17H14BrCl2NO2S. The maximum absolute atomic E-state index is 13.1. The average molecular weight is 447 g/mol. The van der Waals surface area contributed by atoms with Crippen LogP contribution in [0, 0.1) is 0 Å². The molecular weight excluding hydrogens is 433 g/mol. The van der Waals surface area contributed by atoms with E-state index in [0.29, 0.717) is 27.9 Å². The monoisotopic (exact) mass is 445 g/mol. The van der Waals surface area contributed by atoms with Crippen LogP contribution in [-0.4, -0.2) is 30.2 Å². The fourth-order valence-electron chi connectivity index (χ4n) is 2.59. The van der Waals surface area contributed by atoms with E-state index in [0.717, 1.165) is 15.8 Å². The van der Waals surface area contributed by atoms with E-state index in [-0.39, 0.29) is 11.3 Å². The molecule has 24 heavy (non-hydrogen) atoms. The Bertz CT molecular complexity index is 787. The maximum atomic E-state index is 13.1. The van der Waals surface area contributed by atoms with Gasteiger partial charge in [0.05, 0.1) is 12.7 Å². The van der Waals surface area contributed by atoms with E-state index in [4.69, 9.17) is 27.9 Å². The zero-order valence-corrected chi connectivity index (χ0v) is 16.7. The highest BCUT2D eigenvalue weighted by molar-refractivity contribution is 9.10. The summed E-state index contributed by atoms with van der Waals surface area (Å²) in [6.07, 6.45) is 0. The molecule has 1 fully saturated rings. The van der Waals surface area contributed by atoms with Crippen LogP contribution in [0.5, 0.6) is 5.75 Å². The van der Waals surface area contributed by atoms with Crippen molar-refractivity contribution in [2.75, 3.05) is 19.4 Å². The maximum Gasteiger partial charge on any atom is 0.256 e. The number of hydrogen-bond acceptors (Lipinski definition) is 3. The highest BCUT2D eigenvalue weighted by atomic mass is 79.9. The van der Waals surface area contributed by atoms with Gasteiger partial charge >= 0.3 is 0 Å². The topological polar surface area (TPSA) is 29.5 Å². The van der Waals surface area contributed by atoms with E-state index in [1.54, 1.807) is 37.1 Å². The van der Waals surface area contributed by atoms with Gasteiger partial charge in [-0.05, 0) is 46.3 Å². The SMILES string of the molecule is COc1ccc(Br)c(C(=O)N2CCSC2c2ccc(Cl)cc2Cl)c1. The molecule has 0 N–H and O–H groups in total. The Morgan fingerprint density at radius 2 is 2.08 bits per heavy atom. The third-order valence-corrected chi connectivity index (χ3v) is 6.28. The largest absolute Gasteiger partial charge is 0.497 e. The lowest BCUT2D eigenvalue weighted by Crippen LogP contribution is -2.30. The molecule has 1 saturated heterocycles. The van der Waals surface area contributed by atoms with E-state index in [9.17, 15) is 4.79 Å². The van der Waals surface area contributed by atoms with Gasteiger partial charge in [-0.3, -0.25) is 4.79 Å². The number of carbonyl (C=O) groups excluding carboxylic acids is 1. The normalized spacial score (nSPS) is 17.2. The number of amides is 1. The lowest BCUT2D eigenvalue weighted by molar-refractivity contribution is 0.0759. The average Bonchev–Trinajstić information content (AvgIpc) is 3.04. The molecule has 3 rings (SSSR count). The predicted octanol–water partition coefficient (Wildman–Crippen LogP) is 5.65. The van der Waals surface area contributed by atoms with E-state index >= 15 is 0 Å². The summed E-state index contributed by atoms with van der Waals surface area (Å²) >= 11 is 17.5. The van der Waals surface area contributed by atoms with E-state index in [1.165, 1.54) is 0 Å². The minimum atomic E-state index is -0.125.